The molecule has 2 aromatic rings. The fraction of sp³-hybridized carbons (Fsp3) is 0.267. The number of benzene rings is 1. The Morgan fingerprint density at radius 2 is 1.91 bits per heavy atom. The van der Waals surface area contributed by atoms with Crippen molar-refractivity contribution in [3.05, 3.63) is 53.9 Å². The number of carbonyl (C=O) groups is 1. The molecular weight excluding hydrogens is 286 g/mol. The first-order valence-corrected chi connectivity index (χ1v) is 6.59. The van der Waals surface area contributed by atoms with Crippen LogP contribution in [0.25, 0.3) is 0 Å². The van der Waals surface area contributed by atoms with Gasteiger partial charge in [0.15, 0.2) is 0 Å². The summed E-state index contributed by atoms with van der Waals surface area (Å²) in [6.45, 7) is 0.172. The maximum Gasteiger partial charge on any atom is 0.414 e. The van der Waals surface area contributed by atoms with Crippen LogP contribution in [0.1, 0.15) is 17.5 Å². The SMILES string of the molecule is COC(OC)c1ccnc(NC(=O)OCc2ccccc2)n1. The number of amides is 1. The molecule has 1 N–H and O–H groups in total. The summed E-state index contributed by atoms with van der Waals surface area (Å²) in [5.74, 6) is 0.120. The zero-order valence-corrected chi connectivity index (χ0v) is 12.4. The van der Waals surface area contributed by atoms with E-state index in [2.05, 4.69) is 15.3 Å². The minimum atomic E-state index is -0.632. The number of hydrogen-bond donors (Lipinski definition) is 1. The molecule has 0 saturated heterocycles. The van der Waals surface area contributed by atoms with Crippen LogP contribution in [0.2, 0.25) is 0 Å². The minimum Gasteiger partial charge on any atom is -0.444 e. The molecular formula is C15H17N3O4. The van der Waals surface area contributed by atoms with E-state index in [1.54, 1.807) is 6.07 Å². The van der Waals surface area contributed by atoms with Gasteiger partial charge in [0.25, 0.3) is 0 Å². The van der Waals surface area contributed by atoms with Gasteiger partial charge in [-0.3, -0.25) is 5.32 Å². The second-order valence-electron chi connectivity index (χ2n) is 4.30. The van der Waals surface area contributed by atoms with E-state index >= 15 is 0 Å². The average molecular weight is 303 g/mol. The fourth-order valence-electron chi connectivity index (χ4n) is 1.75. The van der Waals surface area contributed by atoms with Crippen LogP contribution in [0.15, 0.2) is 42.6 Å². The number of ether oxygens (including phenoxy) is 3. The summed E-state index contributed by atoms with van der Waals surface area (Å²) in [5.41, 5.74) is 1.39. The Balaban J connectivity index is 1.92. The molecule has 1 aromatic heterocycles. The Morgan fingerprint density at radius 1 is 1.18 bits per heavy atom. The predicted molar refractivity (Wildman–Crippen MR) is 79.0 cm³/mol. The monoisotopic (exact) mass is 303 g/mol. The van der Waals surface area contributed by atoms with Crippen molar-refractivity contribution in [1.29, 1.82) is 0 Å². The molecule has 116 valence electrons. The number of anilines is 1. The van der Waals surface area contributed by atoms with E-state index in [-0.39, 0.29) is 12.6 Å². The maximum atomic E-state index is 11.7. The van der Waals surface area contributed by atoms with Gasteiger partial charge in [0.1, 0.15) is 12.3 Å². The van der Waals surface area contributed by atoms with Gasteiger partial charge in [0.2, 0.25) is 12.2 Å². The van der Waals surface area contributed by atoms with Gasteiger partial charge in [0, 0.05) is 20.4 Å². The molecule has 2 rings (SSSR count). The van der Waals surface area contributed by atoms with Gasteiger partial charge in [-0.25, -0.2) is 14.8 Å². The molecule has 7 heteroatoms. The first-order chi connectivity index (χ1) is 10.7. The number of aromatic nitrogens is 2. The zero-order valence-electron chi connectivity index (χ0n) is 12.4. The van der Waals surface area contributed by atoms with E-state index in [9.17, 15) is 4.79 Å². The van der Waals surface area contributed by atoms with Gasteiger partial charge in [-0.1, -0.05) is 30.3 Å². The minimum absolute atomic E-state index is 0.120. The molecule has 1 heterocycles. The summed E-state index contributed by atoms with van der Waals surface area (Å²) >= 11 is 0. The smallest absolute Gasteiger partial charge is 0.414 e. The highest BCUT2D eigenvalue weighted by molar-refractivity contribution is 5.82. The van der Waals surface area contributed by atoms with Crippen molar-refractivity contribution in [2.45, 2.75) is 12.9 Å². The van der Waals surface area contributed by atoms with Crippen LogP contribution in [0.5, 0.6) is 0 Å². The summed E-state index contributed by atoms with van der Waals surface area (Å²) in [7, 11) is 3.00. The zero-order chi connectivity index (χ0) is 15.8. The second kappa shape index (κ2) is 8.06. The third kappa shape index (κ3) is 4.51. The molecule has 1 amide bonds. The molecule has 0 atom stereocenters. The van der Waals surface area contributed by atoms with E-state index < -0.39 is 12.4 Å². The molecule has 1 aromatic carbocycles. The number of rotatable bonds is 6. The molecule has 0 saturated carbocycles. The quantitative estimate of drug-likeness (QED) is 0.826. The Hall–Kier alpha value is -2.51. The summed E-state index contributed by atoms with van der Waals surface area (Å²) in [5, 5.41) is 2.46. The Labute approximate surface area is 128 Å². The van der Waals surface area contributed by atoms with Crippen molar-refractivity contribution in [2.75, 3.05) is 19.5 Å². The predicted octanol–water partition coefficient (Wildman–Crippen LogP) is 2.52. The van der Waals surface area contributed by atoms with E-state index in [0.717, 1.165) is 5.56 Å². The van der Waals surface area contributed by atoms with Crippen molar-refractivity contribution in [2.24, 2.45) is 0 Å². The highest BCUT2D eigenvalue weighted by Gasteiger charge is 2.13. The van der Waals surface area contributed by atoms with Gasteiger partial charge >= 0.3 is 6.09 Å². The van der Waals surface area contributed by atoms with E-state index in [0.29, 0.717) is 5.69 Å². The van der Waals surface area contributed by atoms with Crippen LogP contribution in [0.4, 0.5) is 10.7 Å². The largest absolute Gasteiger partial charge is 0.444 e. The molecule has 0 aliphatic carbocycles. The molecule has 22 heavy (non-hydrogen) atoms. The van der Waals surface area contributed by atoms with Crippen LogP contribution in [0, 0.1) is 0 Å². The Kier molecular flexibility index (Phi) is 5.81. The number of nitrogens with zero attached hydrogens (tertiary/aromatic N) is 2. The van der Waals surface area contributed by atoms with Crippen molar-refractivity contribution < 1.29 is 19.0 Å². The van der Waals surface area contributed by atoms with Gasteiger partial charge in [0.05, 0.1) is 0 Å². The molecule has 0 aliphatic rings. The molecule has 0 spiro atoms. The fourth-order valence-corrected chi connectivity index (χ4v) is 1.75. The average Bonchev–Trinajstić information content (AvgIpc) is 2.55. The van der Waals surface area contributed by atoms with Gasteiger partial charge in [-0.15, -0.1) is 0 Å². The van der Waals surface area contributed by atoms with Crippen LogP contribution in [0.3, 0.4) is 0 Å². The van der Waals surface area contributed by atoms with E-state index in [1.807, 2.05) is 30.3 Å². The van der Waals surface area contributed by atoms with Crippen LogP contribution in [-0.2, 0) is 20.8 Å². The van der Waals surface area contributed by atoms with Gasteiger partial charge in [-0.2, -0.15) is 0 Å². The third-order valence-electron chi connectivity index (χ3n) is 2.77. The van der Waals surface area contributed by atoms with Crippen LogP contribution < -0.4 is 5.32 Å². The van der Waals surface area contributed by atoms with Crippen LogP contribution >= 0.6 is 0 Å². The highest BCUT2D eigenvalue weighted by Crippen LogP contribution is 2.15. The Bertz CT molecular complexity index is 603. The Morgan fingerprint density at radius 3 is 2.59 bits per heavy atom. The summed E-state index contributed by atoms with van der Waals surface area (Å²) in [6, 6.07) is 11.0. The maximum absolute atomic E-state index is 11.7. The lowest BCUT2D eigenvalue weighted by atomic mass is 10.2. The van der Waals surface area contributed by atoms with Crippen molar-refractivity contribution in [3.63, 3.8) is 0 Å². The molecule has 0 bridgehead atoms. The normalized spacial score (nSPS) is 10.5. The summed E-state index contributed by atoms with van der Waals surface area (Å²) < 4.78 is 15.3. The first-order valence-electron chi connectivity index (χ1n) is 6.59. The van der Waals surface area contributed by atoms with Crippen molar-refractivity contribution in [1.82, 2.24) is 9.97 Å². The lowest BCUT2D eigenvalue weighted by molar-refractivity contribution is -0.108. The second-order valence-corrected chi connectivity index (χ2v) is 4.30. The lowest BCUT2D eigenvalue weighted by Crippen LogP contribution is -2.17. The molecule has 0 unspecified atom stereocenters. The van der Waals surface area contributed by atoms with Crippen LogP contribution in [-0.4, -0.2) is 30.3 Å². The molecule has 0 radical (unpaired) electrons. The van der Waals surface area contributed by atoms with Gasteiger partial charge < -0.3 is 14.2 Å². The summed E-state index contributed by atoms with van der Waals surface area (Å²) in [4.78, 5) is 19.8. The third-order valence-corrected chi connectivity index (χ3v) is 2.77. The molecule has 0 aliphatic heterocycles. The van der Waals surface area contributed by atoms with E-state index in [1.165, 1.54) is 20.4 Å². The molecule has 7 nitrogen and oxygen atoms in total. The van der Waals surface area contributed by atoms with Crippen molar-refractivity contribution >= 4 is 12.0 Å². The molecule has 0 fully saturated rings. The van der Waals surface area contributed by atoms with Crippen molar-refractivity contribution in [3.8, 4) is 0 Å². The number of nitrogens with one attached hydrogen (secondary N) is 1. The van der Waals surface area contributed by atoms with Gasteiger partial charge in [-0.05, 0) is 11.6 Å². The topological polar surface area (TPSA) is 82.6 Å². The number of hydrogen-bond acceptors (Lipinski definition) is 6. The number of methoxy groups -OCH3 is 2. The lowest BCUT2D eigenvalue weighted by Gasteiger charge is -2.13. The number of carbonyl (C=O) groups excluding carboxylic acids is 1. The van der Waals surface area contributed by atoms with E-state index in [4.69, 9.17) is 14.2 Å². The highest BCUT2D eigenvalue weighted by atomic mass is 16.7. The first kappa shape index (κ1) is 15.9. The standard InChI is InChI=1S/C15H17N3O4/c1-20-13(21-2)12-8-9-16-14(17-12)18-15(19)22-10-11-6-4-3-5-7-11/h3-9,13H,10H2,1-2H3,(H,16,17,18,19). The summed E-state index contributed by atoms with van der Waals surface area (Å²) in [6.07, 6.45) is 0.247.